The summed E-state index contributed by atoms with van der Waals surface area (Å²) in [6, 6.07) is 0. The van der Waals surface area contributed by atoms with Gasteiger partial charge in [-0.2, -0.15) is 0 Å². The quantitative estimate of drug-likeness (QED) is 0.643. The Bertz CT molecular complexity index is 462. The second-order valence-electron chi connectivity index (χ2n) is 9.89. The molecule has 0 aromatic rings. The number of rotatable bonds is 5. The summed E-state index contributed by atoms with van der Waals surface area (Å²) in [4.78, 5) is 0. The topological polar surface area (TPSA) is 18.5 Å². The summed E-state index contributed by atoms with van der Waals surface area (Å²) in [5, 5.41) is 0. The van der Waals surface area contributed by atoms with Crippen LogP contribution in [-0.4, -0.2) is 19.0 Å². The highest BCUT2D eigenvalue weighted by molar-refractivity contribution is 5.27. The van der Waals surface area contributed by atoms with Crippen LogP contribution in [0.4, 0.5) is 0 Å². The minimum atomic E-state index is -0.318. The molecule has 0 N–H and O–H groups in total. The molecule has 2 spiro atoms. The van der Waals surface area contributed by atoms with Crippen molar-refractivity contribution in [3.05, 3.63) is 0 Å². The monoisotopic (exact) mass is 320 g/mol. The zero-order valence-electron chi connectivity index (χ0n) is 15.9. The van der Waals surface area contributed by atoms with Gasteiger partial charge >= 0.3 is 0 Å². The van der Waals surface area contributed by atoms with Crippen molar-refractivity contribution in [1.29, 1.82) is 0 Å². The predicted molar refractivity (Wildman–Crippen MR) is 93.0 cm³/mol. The van der Waals surface area contributed by atoms with Gasteiger partial charge in [0, 0.05) is 11.8 Å². The number of fused-ring (bicyclic) bond motifs is 2. The van der Waals surface area contributed by atoms with E-state index in [1.54, 1.807) is 0 Å². The Hall–Kier alpha value is -0.0800. The Labute approximate surface area is 142 Å². The molecule has 0 aromatic heterocycles. The molecule has 2 bridgehead atoms. The molecule has 3 aliphatic carbocycles. The molecule has 2 heteroatoms. The van der Waals surface area contributed by atoms with E-state index in [9.17, 15) is 0 Å². The van der Waals surface area contributed by atoms with Crippen LogP contribution in [0.5, 0.6) is 0 Å². The minimum Gasteiger partial charge on any atom is -0.350 e. The summed E-state index contributed by atoms with van der Waals surface area (Å²) in [6.45, 7) is 13.7. The normalized spacial score (nSPS) is 54.0. The maximum atomic E-state index is 6.41. The molecule has 132 valence electrons. The number of hydrogen-bond donors (Lipinski definition) is 0. The van der Waals surface area contributed by atoms with Crippen LogP contribution < -0.4 is 0 Å². The van der Waals surface area contributed by atoms with Gasteiger partial charge in [-0.3, -0.25) is 0 Å². The predicted octanol–water partition coefficient (Wildman–Crippen LogP) is 5.26. The van der Waals surface area contributed by atoms with Crippen molar-refractivity contribution in [2.75, 3.05) is 13.2 Å². The lowest BCUT2D eigenvalue weighted by atomic mass is 9.65. The molecule has 0 radical (unpaired) electrons. The van der Waals surface area contributed by atoms with Gasteiger partial charge in [-0.25, -0.2) is 0 Å². The summed E-state index contributed by atoms with van der Waals surface area (Å²) < 4.78 is 12.8. The molecule has 1 aliphatic heterocycles. The van der Waals surface area contributed by atoms with E-state index in [-0.39, 0.29) is 5.79 Å². The van der Waals surface area contributed by atoms with Crippen LogP contribution in [0.15, 0.2) is 0 Å². The summed E-state index contributed by atoms with van der Waals surface area (Å²) in [5.41, 5.74) is 1.00. The van der Waals surface area contributed by atoms with E-state index in [2.05, 4.69) is 34.6 Å². The van der Waals surface area contributed by atoms with Crippen molar-refractivity contribution >= 4 is 0 Å². The molecule has 1 saturated heterocycles. The average Bonchev–Trinajstić information content (AvgIpc) is 2.86. The third-order valence-electron chi connectivity index (χ3n) is 8.28. The van der Waals surface area contributed by atoms with Gasteiger partial charge in [-0.1, -0.05) is 40.5 Å². The summed E-state index contributed by atoms with van der Waals surface area (Å²) in [7, 11) is 0. The van der Waals surface area contributed by atoms with Gasteiger partial charge in [0.05, 0.1) is 13.2 Å². The van der Waals surface area contributed by atoms with Gasteiger partial charge in [0.25, 0.3) is 0 Å². The molecule has 0 aromatic carbocycles. The molecule has 4 fully saturated rings. The lowest BCUT2D eigenvalue weighted by Crippen LogP contribution is -2.52. The minimum absolute atomic E-state index is 0.318. The number of ether oxygens (including phenoxy) is 2. The van der Waals surface area contributed by atoms with E-state index < -0.39 is 0 Å². The third kappa shape index (κ3) is 2.20. The number of unbranched alkanes of at least 4 members (excludes halogenated alkanes) is 2. The van der Waals surface area contributed by atoms with Crippen molar-refractivity contribution in [2.45, 2.75) is 78.9 Å². The molecule has 4 aliphatic rings. The van der Waals surface area contributed by atoms with Gasteiger partial charge < -0.3 is 9.47 Å². The molecule has 1 heterocycles. The van der Waals surface area contributed by atoms with Crippen LogP contribution in [0.2, 0.25) is 0 Å². The van der Waals surface area contributed by atoms with Crippen LogP contribution in [0.25, 0.3) is 0 Å². The van der Waals surface area contributed by atoms with E-state index in [4.69, 9.17) is 9.47 Å². The average molecular weight is 321 g/mol. The second kappa shape index (κ2) is 5.21. The van der Waals surface area contributed by atoms with E-state index in [0.29, 0.717) is 10.8 Å². The molecule has 5 unspecified atom stereocenters. The first kappa shape index (κ1) is 16.4. The second-order valence-corrected chi connectivity index (χ2v) is 9.89. The maximum Gasteiger partial charge on any atom is 0.165 e. The highest BCUT2D eigenvalue weighted by Crippen LogP contribution is 2.84. The first-order valence-electron chi connectivity index (χ1n) is 10.2. The van der Waals surface area contributed by atoms with Crippen molar-refractivity contribution in [3.63, 3.8) is 0 Å². The zero-order chi connectivity index (χ0) is 16.5. The van der Waals surface area contributed by atoms with Crippen molar-refractivity contribution in [2.24, 2.45) is 40.4 Å². The van der Waals surface area contributed by atoms with Gasteiger partial charge in [0.2, 0.25) is 0 Å². The Morgan fingerprint density at radius 2 is 1.83 bits per heavy atom. The number of hydrogen-bond acceptors (Lipinski definition) is 2. The molecule has 5 atom stereocenters. The Morgan fingerprint density at radius 1 is 1.13 bits per heavy atom. The zero-order valence-corrected chi connectivity index (χ0v) is 15.9. The first-order valence-corrected chi connectivity index (χ1v) is 10.2. The van der Waals surface area contributed by atoms with E-state index in [1.165, 1.54) is 32.1 Å². The van der Waals surface area contributed by atoms with Gasteiger partial charge in [-0.05, 0) is 61.2 Å². The summed E-state index contributed by atoms with van der Waals surface area (Å²) in [6.07, 6.45) is 7.67. The highest BCUT2D eigenvalue weighted by Gasteiger charge is 2.79. The van der Waals surface area contributed by atoms with E-state index in [1.807, 2.05) is 0 Å². The lowest BCUT2D eigenvalue weighted by molar-refractivity contribution is -0.308. The standard InChI is InChI=1S/C21H36O2/c1-6-7-8-9-19(5)22-12-20(13-23-19)11-21-10-16(20)17(14(2)3)18(21)15(21)4/h14-18H,6-13H2,1-5H3. The Morgan fingerprint density at radius 3 is 2.39 bits per heavy atom. The maximum absolute atomic E-state index is 6.41. The molecule has 23 heavy (non-hydrogen) atoms. The summed E-state index contributed by atoms with van der Waals surface area (Å²) >= 11 is 0. The SMILES string of the molecule is CCCCCC1(C)OCC2(CO1)CC13CC2C(C(C)C)C1C3C. The first-order chi connectivity index (χ1) is 10.9. The van der Waals surface area contributed by atoms with Crippen LogP contribution in [0.3, 0.4) is 0 Å². The highest BCUT2D eigenvalue weighted by atomic mass is 16.7. The Kier molecular flexibility index (Phi) is 3.71. The van der Waals surface area contributed by atoms with Gasteiger partial charge in [0.15, 0.2) is 5.79 Å². The molecule has 4 rings (SSSR count). The molecule has 3 saturated carbocycles. The fourth-order valence-corrected chi connectivity index (χ4v) is 7.05. The largest absolute Gasteiger partial charge is 0.350 e. The van der Waals surface area contributed by atoms with Crippen molar-refractivity contribution in [1.82, 2.24) is 0 Å². The lowest BCUT2D eigenvalue weighted by Gasteiger charge is -2.49. The van der Waals surface area contributed by atoms with Crippen molar-refractivity contribution in [3.8, 4) is 0 Å². The van der Waals surface area contributed by atoms with Crippen LogP contribution in [0, 0.1) is 40.4 Å². The van der Waals surface area contributed by atoms with E-state index in [0.717, 1.165) is 49.2 Å². The Balaban J connectivity index is 1.46. The van der Waals surface area contributed by atoms with Crippen LogP contribution >= 0.6 is 0 Å². The van der Waals surface area contributed by atoms with Gasteiger partial charge in [0.1, 0.15) is 0 Å². The molecular formula is C21H36O2. The molecule has 0 amide bonds. The summed E-state index contributed by atoms with van der Waals surface area (Å²) in [5.74, 6) is 4.22. The van der Waals surface area contributed by atoms with Crippen LogP contribution in [-0.2, 0) is 9.47 Å². The third-order valence-corrected chi connectivity index (χ3v) is 8.28. The van der Waals surface area contributed by atoms with Gasteiger partial charge in [-0.15, -0.1) is 0 Å². The smallest absolute Gasteiger partial charge is 0.165 e. The van der Waals surface area contributed by atoms with E-state index >= 15 is 0 Å². The fourth-order valence-electron chi connectivity index (χ4n) is 7.05. The molecule has 2 nitrogen and oxygen atoms in total. The van der Waals surface area contributed by atoms with Crippen LogP contribution in [0.1, 0.15) is 73.1 Å². The van der Waals surface area contributed by atoms with Crippen molar-refractivity contribution < 1.29 is 9.47 Å². The fraction of sp³-hybridized carbons (Fsp3) is 1.00. The molecular weight excluding hydrogens is 284 g/mol.